The molecule has 25 heavy (non-hydrogen) atoms. The van der Waals surface area contributed by atoms with E-state index in [1.807, 2.05) is 11.8 Å². The number of benzene rings is 1. The largest absolute Gasteiger partial charge is 0.356 e. The SMILES string of the molecule is CCCNC(=O)CCC(=O)N1CCNCC1c1ccc(CC)cc1.Cl. The van der Waals surface area contributed by atoms with Crippen molar-refractivity contribution in [2.45, 2.75) is 45.6 Å². The van der Waals surface area contributed by atoms with Crippen LogP contribution in [0.1, 0.15) is 50.3 Å². The zero-order chi connectivity index (χ0) is 17.4. The Balaban J connectivity index is 0.00000312. The van der Waals surface area contributed by atoms with Crippen molar-refractivity contribution >= 4 is 24.2 Å². The highest BCUT2D eigenvalue weighted by molar-refractivity contribution is 5.85. The van der Waals surface area contributed by atoms with E-state index >= 15 is 0 Å². The Kier molecular flexibility index (Phi) is 9.53. The maximum absolute atomic E-state index is 12.6. The summed E-state index contributed by atoms with van der Waals surface area (Å²) in [5, 5.41) is 6.19. The molecule has 1 heterocycles. The lowest BCUT2D eigenvalue weighted by atomic mass is 10.0. The summed E-state index contributed by atoms with van der Waals surface area (Å²) in [6.45, 7) is 7.08. The van der Waals surface area contributed by atoms with Crippen LogP contribution in [0.3, 0.4) is 0 Å². The van der Waals surface area contributed by atoms with Gasteiger partial charge < -0.3 is 15.5 Å². The van der Waals surface area contributed by atoms with E-state index in [0.717, 1.165) is 31.5 Å². The molecule has 0 bridgehead atoms. The third-order valence-electron chi connectivity index (χ3n) is 4.47. The smallest absolute Gasteiger partial charge is 0.223 e. The molecule has 1 fully saturated rings. The molecule has 0 spiro atoms. The summed E-state index contributed by atoms with van der Waals surface area (Å²) < 4.78 is 0. The van der Waals surface area contributed by atoms with Gasteiger partial charge in [0.2, 0.25) is 11.8 Å². The Morgan fingerprint density at radius 1 is 1.20 bits per heavy atom. The number of carbonyl (C=O) groups is 2. The molecule has 1 aromatic rings. The number of halogens is 1. The summed E-state index contributed by atoms with van der Waals surface area (Å²) in [5.74, 6) is 0.0249. The maximum atomic E-state index is 12.6. The minimum Gasteiger partial charge on any atom is -0.356 e. The molecule has 140 valence electrons. The van der Waals surface area contributed by atoms with E-state index < -0.39 is 0 Å². The molecule has 5 nitrogen and oxygen atoms in total. The second-order valence-electron chi connectivity index (χ2n) is 6.25. The van der Waals surface area contributed by atoms with Crippen LogP contribution < -0.4 is 10.6 Å². The van der Waals surface area contributed by atoms with Crippen molar-refractivity contribution < 1.29 is 9.59 Å². The fraction of sp³-hybridized carbons (Fsp3) is 0.579. The highest BCUT2D eigenvalue weighted by Gasteiger charge is 2.27. The monoisotopic (exact) mass is 367 g/mol. The second-order valence-corrected chi connectivity index (χ2v) is 6.25. The van der Waals surface area contributed by atoms with Gasteiger partial charge in [0.25, 0.3) is 0 Å². The highest BCUT2D eigenvalue weighted by atomic mass is 35.5. The Morgan fingerprint density at radius 2 is 1.92 bits per heavy atom. The van der Waals surface area contributed by atoms with Gasteiger partial charge in [0.1, 0.15) is 0 Å². The number of nitrogens with zero attached hydrogens (tertiary/aromatic N) is 1. The number of hydrogen-bond donors (Lipinski definition) is 2. The molecule has 0 aromatic heterocycles. The van der Waals surface area contributed by atoms with Gasteiger partial charge in [-0.3, -0.25) is 9.59 Å². The number of nitrogens with one attached hydrogen (secondary N) is 2. The summed E-state index contributed by atoms with van der Waals surface area (Å²) in [4.78, 5) is 26.2. The summed E-state index contributed by atoms with van der Waals surface area (Å²) >= 11 is 0. The van der Waals surface area contributed by atoms with Crippen LogP contribution >= 0.6 is 12.4 Å². The van der Waals surface area contributed by atoms with Crippen molar-refractivity contribution in [3.8, 4) is 0 Å². The number of rotatable bonds is 7. The van der Waals surface area contributed by atoms with Crippen LogP contribution in [0.5, 0.6) is 0 Å². The van der Waals surface area contributed by atoms with E-state index in [0.29, 0.717) is 13.1 Å². The third-order valence-corrected chi connectivity index (χ3v) is 4.47. The number of piperazine rings is 1. The van der Waals surface area contributed by atoms with Crippen LogP contribution in [-0.2, 0) is 16.0 Å². The molecule has 0 radical (unpaired) electrons. The van der Waals surface area contributed by atoms with E-state index in [2.05, 4.69) is 41.8 Å². The average Bonchev–Trinajstić information content (AvgIpc) is 2.64. The van der Waals surface area contributed by atoms with Gasteiger partial charge >= 0.3 is 0 Å². The molecule has 0 saturated carbocycles. The van der Waals surface area contributed by atoms with E-state index in [1.54, 1.807) is 0 Å². The van der Waals surface area contributed by atoms with Crippen molar-refractivity contribution in [3.63, 3.8) is 0 Å². The van der Waals surface area contributed by atoms with Gasteiger partial charge in [0.15, 0.2) is 0 Å². The molecule has 2 N–H and O–H groups in total. The Morgan fingerprint density at radius 3 is 2.56 bits per heavy atom. The summed E-state index contributed by atoms with van der Waals surface area (Å²) in [7, 11) is 0. The van der Waals surface area contributed by atoms with Crippen LogP contribution in [-0.4, -0.2) is 42.9 Å². The molecule has 0 aliphatic carbocycles. The van der Waals surface area contributed by atoms with Gasteiger partial charge in [0.05, 0.1) is 6.04 Å². The van der Waals surface area contributed by atoms with Gasteiger partial charge in [-0.15, -0.1) is 12.4 Å². The number of hydrogen-bond acceptors (Lipinski definition) is 3. The normalized spacial score (nSPS) is 16.9. The molecule has 1 saturated heterocycles. The first-order valence-electron chi connectivity index (χ1n) is 9.01. The number of amides is 2. The van der Waals surface area contributed by atoms with Crippen LogP contribution in [0, 0.1) is 0 Å². The molecular formula is C19H30ClN3O2. The maximum Gasteiger partial charge on any atom is 0.223 e. The first-order valence-corrected chi connectivity index (χ1v) is 9.01. The minimum absolute atomic E-state index is 0. The Hall–Kier alpha value is -1.59. The molecule has 6 heteroatoms. The van der Waals surface area contributed by atoms with E-state index in [9.17, 15) is 9.59 Å². The second kappa shape index (κ2) is 11.1. The van der Waals surface area contributed by atoms with Crippen molar-refractivity contribution in [1.82, 2.24) is 15.5 Å². The molecule has 2 amide bonds. The number of aryl methyl sites for hydroxylation is 1. The average molecular weight is 368 g/mol. The lowest BCUT2D eigenvalue weighted by Gasteiger charge is -2.36. The molecule has 1 atom stereocenters. The van der Waals surface area contributed by atoms with Gasteiger partial charge in [0, 0.05) is 39.0 Å². The van der Waals surface area contributed by atoms with E-state index in [1.165, 1.54) is 5.56 Å². The summed E-state index contributed by atoms with van der Waals surface area (Å²) in [6, 6.07) is 8.54. The standard InChI is InChI=1S/C19H29N3O2.ClH/c1-3-11-21-18(23)9-10-19(24)22-13-12-20-14-17(22)16-7-5-15(4-2)6-8-16;/h5-8,17,20H,3-4,9-14H2,1-2H3,(H,21,23);1H. The van der Waals surface area contributed by atoms with E-state index in [-0.39, 0.29) is 43.1 Å². The minimum atomic E-state index is -0.0378. The zero-order valence-corrected chi connectivity index (χ0v) is 16.0. The van der Waals surface area contributed by atoms with E-state index in [4.69, 9.17) is 0 Å². The zero-order valence-electron chi connectivity index (χ0n) is 15.2. The first-order chi connectivity index (χ1) is 11.7. The van der Waals surface area contributed by atoms with Gasteiger partial charge in [-0.25, -0.2) is 0 Å². The molecule has 1 aliphatic rings. The van der Waals surface area contributed by atoms with Crippen LogP contribution in [0.4, 0.5) is 0 Å². The summed E-state index contributed by atoms with van der Waals surface area (Å²) in [6.07, 6.45) is 2.47. The first kappa shape index (κ1) is 21.5. The Bertz CT molecular complexity index is 548. The Labute approximate surface area is 157 Å². The fourth-order valence-electron chi connectivity index (χ4n) is 2.99. The molecule has 2 rings (SSSR count). The van der Waals surface area contributed by atoms with Gasteiger partial charge in [-0.1, -0.05) is 38.1 Å². The van der Waals surface area contributed by atoms with Crippen LogP contribution in [0.2, 0.25) is 0 Å². The van der Waals surface area contributed by atoms with Crippen LogP contribution in [0.15, 0.2) is 24.3 Å². The van der Waals surface area contributed by atoms with Crippen LogP contribution in [0.25, 0.3) is 0 Å². The molecule has 1 aromatic carbocycles. The molecule has 1 unspecified atom stereocenters. The number of carbonyl (C=O) groups excluding carboxylic acids is 2. The van der Waals surface area contributed by atoms with Crippen molar-refractivity contribution in [2.75, 3.05) is 26.2 Å². The van der Waals surface area contributed by atoms with Gasteiger partial charge in [-0.05, 0) is 24.0 Å². The topological polar surface area (TPSA) is 61.4 Å². The predicted molar refractivity (Wildman–Crippen MR) is 103 cm³/mol. The lowest BCUT2D eigenvalue weighted by molar-refractivity contribution is -0.136. The van der Waals surface area contributed by atoms with Crippen molar-refractivity contribution in [2.24, 2.45) is 0 Å². The van der Waals surface area contributed by atoms with Crippen molar-refractivity contribution in [3.05, 3.63) is 35.4 Å². The predicted octanol–water partition coefficient (Wildman–Crippen LogP) is 2.45. The third kappa shape index (κ3) is 6.33. The summed E-state index contributed by atoms with van der Waals surface area (Å²) in [5.41, 5.74) is 2.45. The highest BCUT2D eigenvalue weighted by Crippen LogP contribution is 2.23. The molecule has 1 aliphatic heterocycles. The lowest BCUT2D eigenvalue weighted by Crippen LogP contribution is -2.48. The molecular weight excluding hydrogens is 338 g/mol. The van der Waals surface area contributed by atoms with Gasteiger partial charge in [-0.2, -0.15) is 0 Å². The quantitative estimate of drug-likeness (QED) is 0.778. The van der Waals surface area contributed by atoms with Crippen molar-refractivity contribution in [1.29, 1.82) is 0 Å². The fourth-order valence-corrected chi connectivity index (χ4v) is 2.99.